The molecule has 3 fully saturated rings. The highest BCUT2D eigenvalue weighted by Crippen LogP contribution is 2.56. The molecule has 2 bridgehead atoms. The summed E-state index contributed by atoms with van der Waals surface area (Å²) in [5, 5.41) is 2.59. The van der Waals surface area contributed by atoms with Gasteiger partial charge in [0.25, 0.3) is 0 Å². The Morgan fingerprint density at radius 3 is 2.22 bits per heavy atom. The fourth-order valence-corrected chi connectivity index (χ4v) is 4.50. The summed E-state index contributed by atoms with van der Waals surface area (Å²) in [5.41, 5.74) is 0.441. The second-order valence-electron chi connectivity index (χ2n) is 6.70. The summed E-state index contributed by atoms with van der Waals surface area (Å²) >= 11 is 0. The van der Waals surface area contributed by atoms with E-state index in [0.29, 0.717) is 17.5 Å². The Bertz CT molecular complexity index is 660. The van der Waals surface area contributed by atoms with E-state index in [2.05, 4.69) is 5.32 Å². The third-order valence-electron chi connectivity index (χ3n) is 5.45. The molecule has 1 aromatic rings. The molecule has 0 spiro atoms. The van der Waals surface area contributed by atoms with Gasteiger partial charge in [-0.15, -0.1) is 0 Å². The van der Waals surface area contributed by atoms with Crippen molar-refractivity contribution in [2.24, 2.45) is 23.7 Å². The average molecular weight is 316 g/mol. The van der Waals surface area contributed by atoms with Gasteiger partial charge in [0.2, 0.25) is 17.7 Å². The molecule has 1 saturated heterocycles. The minimum atomic E-state index is -0.439. The van der Waals surface area contributed by atoms with Crippen LogP contribution < -0.4 is 5.32 Å². The molecule has 5 nitrogen and oxygen atoms in total. The van der Waals surface area contributed by atoms with Crippen molar-refractivity contribution in [1.29, 1.82) is 0 Å². The first-order valence-electron chi connectivity index (χ1n) is 7.95. The van der Waals surface area contributed by atoms with Crippen molar-refractivity contribution in [2.45, 2.75) is 19.3 Å². The van der Waals surface area contributed by atoms with Crippen LogP contribution in [-0.4, -0.2) is 29.2 Å². The summed E-state index contributed by atoms with van der Waals surface area (Å²) in [7, 11) is 0. The van der Waals surface area contributed by atoms with Gasteiger partial charge >= 0.3 is 0 Å². The van der Waals surface area contributed by atoms with Crippen molar-refractivity contribution in [1.82, 2.24) is 4.90 Å². The van der Waals surface area contributed by atoms with Gasteiger partial charge in [-0.05, 0) is 55.4 Å². The summed E-state index contributed by atoms with van der Waals surface area (Å²) in [6.45, 7) is -0.262. The Morgan fingerprint density at radius 2 is 1.65 bits per heavy atom. The van der Waals surface area contributed by atoms with E-state index in [1.807, 2.05) is 0 Å². The molecule has 4 atom stereocenters. The maximum Gasteiger partial charge on any atom is 0.244 e. The molecule has 2 aliphatic carbocycles. The fraction of sp³-hybridized carbons (Fsp3) is 0.471. The quantitative estimate of drug-likeness (QED) is 0.865. The number of amides is 3. The van der Waals surface area contributed by atoms with Gasteiger partial charge in [-0.25, -0.2) is 4.39 Å². The lowest BCUT2D eigenvalue weighted by atomic mass is 9.81. The van der Waals surface area contributed by atoms with Crippen LogP contribution in [-0.2, 0) is 14.4 Å². The van der Waals surface area contributed by atoms with E-state index in [9.17, 15) is 18.8 Å². The van der Waals surface area contributed by atoms with Gasteiger partial charge in [-0.3, -0.25) is 19.3 Å². The van der Waals surface area contributed by atoms with Gasteiger partial charge in [-0.2, -0.15) is 0 Å². The van der Waals surface area contributed by atoms with Gasteiger partial charge < -0.3 is 5.32 Å². The predicted molar refractivity (Wildman–Crippen MR) is 79.6 cm³/mol. The van der Waals surface area contributed by atoms with E-state index in [1.165, 1.54) is 24.3 Å². The Hall–Kier alpha value is -2.24. The third-order valence-corrected chi connectivity index (χ3v) is 5.45. The smallest absolute Gasteiger partial charge is 0.244 e. The second-order valence-corrected chi connectivity index (χ2v) is 6.70. The second kappa shape index (κ2) is 5.15. The molecule has 3 amide bonds. The fourth-order valence-electron chi connectivity index (χ4n) is 4.50. The molecule has 1 heterocycles. The number of carbonyl (C=O) groups is 3. The largest absolute Gasteiger partial charge is 0.325 e. The standard InChI is InChI=1S/C17H17FN2O3/c18-11-3-5-12(6-4-11)19-13(21)8-20-16(22)14-9-1-2-10(7-9)15(14)17(20)23/h3-6,9-10,14-15H,1-2,7-8H2,(H,19,21). The zero-order chi connectivity index (χ0) is 16.1. The monoisotopic (exact) mass is 316 g/mol. The Kier molecular flexibility index (Phi) is 3.21. The van der Waals surface area contributed by atoms with Crippen LogP contribution in [0, 0.1) is 29.5 Å². The lowest BCUT2D eigenvalue weighted by molar-refractivity contribution is -0.143. The number of hydrogen-bond donors (Lipinski definition) is 1. The minimum Gasteiger partial charge on any atom is -0.325 e. The highest BCUT2D eigenvalue weighted by molar-refractivity contribution is 6.09. The number of rotatable bonds is 3. The number of likely N-dealkylation sites (tertiary alicyclic amines) is 1. The molecule has 0 radical (unpaired) electrons. The molecule has 1 aliphatic heterocycles. The zero-order valence-electron chi connectivity index (χ0n) is 12.5. The normalized spacial score (nSPS) is 31.6. The molecule has 6 heteroatoms. The van der Waals surface area contributed by atoms with Crippen LogP contribution in [0.15, 0.2) is 24.3 Å². The lowest BCUT2D eigenvalue weighted by Gasteiger charge is -2.19. The third kappa shape index (κ3) is 2.24. The van der Waals surface area contributed by atoms with Crippen LogP contribution in [0.3, 0.4) is 0 Å². The van der Waals surface area contributed by atoms with E-state index in [0.717, 1.165) is 24.2 Å². The number of nitrogens with one attached hydrogen (secondary N) is 1. The van der Waals surface area contributed by atoms with Crippen molar-refractivity contribution in [3.63, 3.8) is 0 Å². The maximum absolute atomic E-state index is 12.9. The number of benzene rings is 1. The first-order valence-corrected chi connectivity index (χ1v) is 7.95. The predicted octanol–water partition coefficient (Wildman–Crippen LogP) is 1.80. The lowest BCUT2D eigenvalue weighted by Crippen LogP contribution is -2.39. The Morgan fingerprint density at radius 1 is 1.09 bits per heavy atom. The van der Waals surface area contributed by atoms with E-state index in [1.54, 1.807) is 0 Å². The van der Waals surface area contributed by atoms with Gasteiger partial charge in [0, 0.05) is 5.69 Å². The van der Waals surface area contributed by atoms with Crippen LogP contribution >= 0.6 is 0 Å². The van der Waals surface area contributed by atoms with Crippen LogP contribution in [0.2, 0.25) is 0 Å². The number of fused-ring (bicyclic) bond motifs is 5. The van der Waals surface area contributed by atoms with Crippen LogP contribution in [0.4, 0.5) is 10.1 Å². The number of hydrogen-bond acceptors (Lipinski definition) is 3. The number of carbonyl (C=O) groups excluding carboxylic acids is 3. The molecule has 120 valence electrons. The van der Waals surface area contributed by atoms with Gasteiger partial charge in [-0.1, -0.05) is 0 Å². The summed E-state index contributed by atoms with van der Waals surface area (Å²) in [4.78, 5) is 38.2. The first kappa shape index (κ1) is 14.4. The van der Waals surface area contributed by atoms with Crippen molar-refractivity contribution < 1.29 is 18.8 Å². The highest BCUT2D eigenvalue weighted by Gasteiger charge is 2.60. The SMILES string of the molecule is O=C(CN1C(=O)C2C3CCC(C3)C2C1=O)Nc1ccc(F)cc1. The van der Waals surface area contributed by atoms with Crippen LogP contribution in [0.5, 0.6) is 0 Å². The summed E-state index contributed by atoms with van der Waals surface area (Å²) < 4.78 is 12.9. The number of halogens is 1. The molecule has 1 aromatic carbocycles. The number of imide groups is 1. The molecule has 1 N–H and O–H groups in total. The van der Waals surface area contributed by atoms with Crippen molar-refractivity contribution in [3.8, 4) is 0 Å². The molecule has 23 heavy (non-hydrogen) atoms. The van der Waals surface area contributed by atoms with Crippen LogP contribution in [0.25, 0.3) is 0 Å². The molecule has 4 unspecified atom stereocenters. The maximum atomic E-state index is 12.9. The number of anilines is 1. The van der Waals surface area contributed by atoms with Gasteiger partial charge in [0.1, 0.15) is 12.4 Å². The highest BCUT2D eigenvalue weighted by atomic mass is 19.1. The van der Waals surface area contributed by atoms with E-state index in [-0.39, 0.29) is 30.2 Å². The van der Waals surface area contributed by atoms with E-state index >= 15 is 0 Å². The number of nitrogens with zero attached hydrogens (tertiary/aromatic N) is 1. The molecule has 4 rings (SSSR count). The Labute approximate surface area is 132 Å². The van der Waals surface area contributed by atoms with Crippen molar-refractivity contribution in [3.05, 3.63) is 30.1 Å². The average Bonchev–Trinajstić information content (AvgIpc) is 3.19. The van der Waals surface area contributed by atoms with Crippen LogP contribution in [0.1, 0.15) is 19.3 Å². The minimum absolute atomic E-state index is 0.193. The molecular formula is C17H17FN2O3. The summed E-state index contributed by atoms with van der Waals surface area (Å²) in [6.07, 6.45) is 3.00. The molecule has 0 aromatic heterocycles. The molecule has 2 saturated carbocycles. The van der Waals surface area contributed by atoms with E-state index < -0.39 is 11.7 Å². The zero-order valence-corrected chi connectivity index (χ0v) is 12.5. The summed E-state index contributed by atoms with van der Waals surface area (Å²) in [5.74, 6) is -1.01. The van der Waals surface area contributed by atoms with Crippen molar-refractivity contribution in [2.75, 3.05) is 11.9 Å². The van der Waals surface area contributed by atoms with Crippen molar-refractivity contribution >= 4 is 23.4 Å². The Balaban J connectivity index is 1.44. The molecule has 3 aliphatic rings. The first-order chi connectivity index (χ1) is 11.0. The van der Waals surface area contributed by atoms with Gasteiger partial charge in [0.05, 0.1) is 11.8 Å². The summed E-state index contributed by atoms with van der Waals surface area (Å²) in [6, 6.07) is 5.36. The molecular weight excluding hydrogens is 299 g/mol. The van der Waals surface area contributed by atoms with Gasteiger partial charge in [0.15, 0.2) is 0 Å². The van der Waals surface area contributed by atoms with E-state index in [4.69, 9.17) is 0 Å². The topological polar surface area (TPSA) is 66.5 Å².